The lowest BCUT2D eigenvalue weighted by Gasteiger charge is -2.46. The molecule has 0 saturated heterocycles. The summed E-state index contributed by atoms with van der Waals surface area (Å²) in [5.41, 5.74) is 7.15. The van der Waals surface area contributed by atoms with Crippen molar-refractivity contribution in [3.05, 3.63) is 77.0 Å². The second-order valence-electron chi connectivity index (χ2n) is 9.04. The van der Waals surface area contributed by atoms with Crippen LogP contribution in [0.3, 0.4) is 0 Å². The summed E-state index contributed by atoms with van der Waals surface area (Å²) in [4.78, 5) is 0. The molecule has 1 aromatic heterocycles. The predicted molar refractivity (Wildman–Crippen MR) is 133 cm³/mol. The van der Waals surface area contributed by atoms with Gasteiger partial charge in [-0.1, -0.05) is 86.8 Å². The highest BCUT2D eigenvalue weighted by atomic mass is 32.1. The van der Waals surface area contributed by atoms with Crippen molar-refractivity contribution in [1.29, 1.82) is 0 Å². The Kier molecular flexibility index (Phi) is 5.71. The third kappa shape index (κ3) is 3.43. The Labute approximate surface area is 190 Å². The van der Waals surface area contributed by atoms with Gasteiger partial charge in [0.05, 0.1) is 5.41 Å². The van der Waals surface area contributed by atoms with E-state index in [1.807, 2.05) is 11.3 Å². The third-order valence-electron chi connectivity index (χ3n) is 7.18. The van der Waals surface area contributed by atoms with Gasteiger partial charge in [-0.2, -0.15) is 4.57 Å². The van der Waals surface area contributed by atoms with E-state index >= 15 is 0 Å². The van der Waals surface area contributed by atoms with Crippen molar-refractivity contribution < 1.29 is 4.57 Å². The van der Waals surface area contributed by atoms with Gasteiger partial charge in [-0.05, 0) is 42.5 Å². The number of benzene rings is 2. The molecule has 2 nitrogen and oxygen atoms in total. The monoisotopic (exact) mass is 429 g/mol. The van der Waals surface area contributed by atoms with Gasteiger partial charge in [0.1, 0.15) is 11.7 Å². The number of aromatic nitrogens is 1. The molecule has 1 N–H and O–H groups in total. The fourth-order valence-electron chi connectivity index (χ4n) is 5.40. The normalized spacial score (nSPS) is 19.5. The Morgan fingerprint density at radius 1 is 0.968 bits per heavy atom. The summed E-state index contributed by atoms with van der Waals surface area (Å²) in [6.07, 6.45) is 15.1. The fraction of sp³-hybridized carbons (Fsp3) is 0.393. The number of aryl methyl sites for hydroxylation is 1. The van der Waals surface area contributed by atoms with Gasteiger partial charge < -0.3 is 5.32 Å². The first kappa shape index (κ1) is 20.5. The van der Waals surface area contributed by atoms with Crippen LogP contribution in [0.5, 0.6) is 0 Å². The molecule has 160 valence electrons. The molecule has 1 unspecified atom stereocenters. The first-order valence-corrected chi connectivity index (χ1v) is 12.7. The van der Waals surface area contributed by atoms with Crippen LogP contribution in [0.4, 0.5) is 5.69 Å². The molecule has 2 aromatic carbocycles. The summed E-state index contributed by atoms with van der Waals surface area (Å²) in [6, 6.07) is 17.7. The molecule has 1 aliphatic carbocycles. The van der Waals surface area contributed by atoms with E-state index in [2.05, 4.69) is 84.7 Å². The van der Waals surface area contributed by atoms with Gasteiger partial charge in [-0.25, -0.2) is 0 Å². The minimum Gasteiger partial charge on any atom is -0.361 e. The third-order valence-corrected chi connectivity index (χ3v) is 8.43. The van der Waals surface area contributed by atoms with Crippen LogP contribution >= 0.6 is 11.3 Å². The highest BCUT2D eigenvalue weighted by Crippen LogP contribution is 2.58. The number of allylic oxidation sites excluding steroid dienone is 3. The number of hydrogen-bond acceptors (Lipinski definition) is 2. The lowest BCUT2D eigenvalue weighted by molar-refractivity contribution is -0.643. The van der Waals surface area contributed by atoms with E-state index in [4.69, 9.17) is 0 Å². The van der Waals surface area contributed by atoms with E-state index < -0.39 is 0 Å². The molecule has 1 spiro atoms. The van der Waals surface area contributed by atoms with Gasteiger partial charge in [-0.15, -0.1) is 0 Å². The molecule has 0 fully saturated rings. The maximum Gasteiger partial charge on any atom is 0.266 e. The Morgan fingerprint density at radius 2 is 1.74 bits per heavy atom. The fourth-order valence-corrected chi connectivity index (χ4v) is 6.67. The summed E-state index contributed by atoms with van der Waals surface area (Å²) < 4.78 is 3.77. The van der Waals surface area contributed by atoms with E-state index in [1.165, 1.54) is 77.0 Å². The second kappa shape index (κ2) is 8.63. The van der Waals surface area contributed by atoms with Crippen molar-refractivity contribution in [2.45, 2.75) is 63.7 Å². The van der Waals surface area contributed by atoms with Crippen LogP contribution in [0.2, 0.25) is 0 Å². The van der Waals surface area contributed by atoms with Crippen LogP contribution < -0.4 is 9.88 Å². The van der Waals surface area contributed by atoms with Gasteiger partial charge in [-0.3, -0.25) is 0 Å². The van der Waals surface area contributed by atoms with Crippen LogP contribution in [0.25, 0.3) is 15.8 Å². The Hall–Kier alpha value is -2.39. The molecule has 1 atom stereocenters. The van der Waals surface area contributed by atoms with Crippen LogP contribution in [-0.2, 0) is 12.5 Å². The molecule has 5 rings (SSSR count). The lowest BCUT2D eigenvalue weighted by Crippen LogP contribution is -2.43. The second-order valence-corrected chi connectivity index (χ2v) is 10.1. The molecule has 0 saturated carbocycles. The Bertz CT molecular complexity index is 1150. The van der Waals surface area contributed by atoms with Gasteiger partial charge >= 0.3 is 0 Å². The molecule has 31 heavy (non-hydrogen) atoms. The average molecular weight is 430 g/mol. The molecule has 2 aliphatic rings. The Morgan fingerprint density at radius 3 is 2.55 bits per heavy atom. The molecule has 0 bridgehead atoms. The van der Waals surface area contributed by atoms with Crippen LogP contribution in [0, 0.1) is 0 Å². The summed E-state index contributed by atoms with van der Waals surface area (Å²) in [7, 11) is 2.23. The molecule has 0 amide bonds. The van der Waals surface area contributed by atoms with Crippen LogP contribution in [-0.4, -0.2) is 0 Å². The number of thiazole rings is 1. The average Bonchev–Trinajstić information content (AvgIpc) is 3.11. The van der Waals surface area contributed by atoms with Crippen molar-refractivity contribution in [3.63, 3.8) is 0 Å². The number of nitrogens with one attached hydrogen (secondary N) is 1. The molecular weight excluding hydrogens is 396 g/mol. The highest BCUT2D eigenvalue weighted by molar-refractivity contribution is 7.19. The van der Waals surface area contributed by atoms with Crippen LogP contribution in [0.1, 0.15) is 68.9 Å². The van der Waals surface area contributed by atoms with Crippen molar-refractivity contribution in [1.82, 2.24) is 0 Å². The van der Waals surface area contributed by atoms with E-state index in [9.17, 15) is 0 Å². The van der Waals surface area contributed by atoms with E-state index in [0.717, 1.165) is 6.42 Å². The zero-order valence-corrected chi connectivity index (χ0v) is 19.6. The number of unbranched alkanes of at least 4 members (excludes halogenated alkanes) is 5. The van der Waals surface area contributed by atoms with Crippen molar-refractivity contribution in [2.75, 3.05) is 5.32 Å². The number of hydrogen-bond donors (Lipinski definition) is 1. The molecule has 2 heterocycles. The molecule has 3 aromatic rings. The topological polar surface area (TPSA) is 15.9 Å². The zero-order chi connectivity index (χ0) is 21.3. The number of rotatable bonds is 8. The summed E-state index contributed by atoms with van der Waals surface area (Å²) in [5, 5.41) is 5.02. The van der Waals surface area contributed by atoms with Crippen molar-refractivity contribution >= 4 is 32.8 Å². The predicted octanol–water partition coefficient (Wildman–Crippen LogP) is 7.51. The Balaban J connectivity index is 1.48. The van der Waals surface area contributed by atoms with Gasteiger partial charge in [0.25, 0.3) is 5.01 Å². The highest BCUT2D eigenvalue weighted by Gasteiger charge is 2.50. The minimum absolute atomic E-state index is 0.0316. The number of fused-ring (bicyclic) bond motifs is 3. The number of anilines is 1. The first-order chi connectivity index (χ1) is 15.3. The van der Waals surface area contributed by atoms with E-state index in [1.54, 1.807) is 5.57 Å². The smallest absolute Gasteiger partial charge is 0.266 e. The molecule has 1 aliphatic heterocycles. The molecule has 0 radical (unpaired) electrons. The quantitative estimate of drug-likeness (QED) is 0.289. The maximum atomic E-state index is 3.62. The van der Waals surface area contributed by atoms with Crippen LogP contribution in [0.15, 0.2) is 66.4 Å². The first-order valence-electron chi connectivity index (χ1n) is 11.9. The van der Waals surface area contributed by atoms with E-state index in [-0.39, 0.29) is 5.41 Å². The van der Waals surface area contributed by atoms with Crippen molar-refractivity contribution in [2.24, 2.45) is 7.05 Å². The number of para-hydroxylation sites is 2. The number of nitrogens with zero attached hydrogens (tertiary/aromatic N) is 1. The van der Waals surface area contributed by atoms with E-state index in [0.29, 0.717) is 0 Å². The minimum atomic E-state index is 0.0316. The maximum absolute atomic E-state index is 3.62. The molecule has 3 heteroatoms. The molecular formula is C28H33N2S+. The van der Waals surface area contributed by atoms with Crippen molar-refractivity contribution in [3.8, 4) is 0 Å². The summed E-state index contributed by atoms with van der Waals surface area (Å²) >= 11 is 1.94. The van der Waals surface area contributed by atoms with Gasteiger partial charge in [0, 0.05) is 23.5 Å². The SMILES string of the molecule is CCCCCCCCC1=CNc2ccccc2C12CC=C2c1sc2ccccc2[n+]1C. The van der Waals surface area contributed by atoms with Gasteiger partial charge in [0.15, 0.2) is 0 Å². The largest absolute Gasteiger partial charge is 0.361 e. The summed E-state index contributed by atoms with van der Waals surface area (Å²) in [5.74, 6) is 0. The standard InChI is InChI=1S/C28H33N2S/c1-3-4-5-6-7-8-13-21-20-29-24-15-10-9-14-22(24)28(21)19-18-23(28)27-30(2)25-16-11-12-17-26(25)31-27/h9-12,14-18,20,29H,3-8,13,19H2,1-2H3/q+1. The lowest BCUT2D eigenvalue weighted by atomic mass is 9.58. The summed E-state index contributed by atoms with van der Waals surface area (Å²) in [6.45, 7) is 2.29. The zero-order valence-electron chi connectivity index (χ0n) is 18.8. The van der Waals surface area contributed by atoms with Gasteiger partial charge in [0.2, 0.25) is 5.52 Å².